The van der Waals surface area contributed by atoms with Crippen molar-refractivity contribution in [3.8, 4) is 0 Å². The third-order valence-corrected chi connectivity index (χ3v) is 7.57. The largest absolute Gasteiger partial charge is 0.459 e. The standard InChI is InChI=1S/C25H32FN3O4/c1-15-3-4-18-22-19(13-21(26)23(18)28-11-5-16(30)6-12-28)24(31)20(14-29(15)22)25(32)33-17-7-9-27(2)10-8-17/h13-17,30H,3-12H2,1-2H3/t15-/m0/s1. The van der Waals surface area contributed by atoms with E-state index in [0.717, 1.165) is 43.4 Å². The van der Waals surface area contributed by atoms with Crippen LogP contribution in [-0.4, -0.2) is 66.0 Å². The second-order valence-electron chi connectivity index (χ2n) is 9.87. The topological polar surface area (TPSA) is 75.0 Å². The molecule has 0 amide bonds. The quantitative estimate of drug-likeness (QED) is 0.715. The predicted octanol–water partition coefficient (Wildman–Crippen LogP) is 2.86. The van der Waals surface area contributed by atoms with Crippen LogP contribution in [0.3, 0.4) is 0 Å². The minimum Gasteiger partial charge on any atom is -0.459 e. The number of carbonyl (C=O) groups excluding carboxylic acids is 1. The van der Waals surface area contributed by atoms with Gasteiger partial charge in [0.1, 0.15) is 17.5 Å². The van der Waals surface area contributed by atoms with Crippen molar-refractivity contribution in [1.82, 2.24) is 9.47 Å². The summed E-state index contributed by atoms with van der Waals surface area (Å²) in [6.07, 6.45) is 5.22. The van der Waals surface area contributed by atoms with E-state index < -0.39 is 17.2 Å². The van der Waals surface area contributed by atoms with Crippen LogP contribution in [-0.2, 0) is 11.2 Å². The van der Waals surface area contributed by atoms with Gasteiger partial charge in [-0.15, -0.1) is 0 Å². The van der Waals surface area contributed by atoms with Crippen LogP contribution in [0.25, 0.3) is 10.9 Å². The van der Waals surface area contributed by atoms with E-state index in [-0.39, 0.29) is 29.2 Å². The lowest BCUT2D eigenvalue weighted by molar-refractivity contribution is 0.0137. The van der Waals surface area contributed by atoms with Gasteiger partial charge in [0.25, 0.3) is 0 Å². The number of aliphatic hydroxyl groups excluding tert-OH is 1. The zero-order valence-corrected chi connectivity index (χ0v) is 19.3. The zero-order chi connectivity index (χ0) is 23.3. The van der Waals surface area contributed by atoms with Gasteiger partial charge in [-0.3, -0.25) is 4.79 Å². The fourth-order valence-electron chi connectivity index (χ4n) is 5.53. The summed E-state index contributed by atoms with van der Waals surface area (Å²) >= 11 is 0. The number of rotatable bonds is 3. The number of ether oxygens (including phenoxy) is 1. The first-order valence-corrected chi connectivity index (χ1v) is 12.1. The molecule has 33 heavy (non-hydrogen) atoms. The molecule has 1 aromatic heterocycles. The Morgan fingerprint density at radius 2 is 1.82 bits per heavy atom. The normalized spacial score (nSPS) is 22.7. The van der Waals surface area contributed by atoms with Crippen LogP contribution in [0.4, 0.5) is 10.1 Å². The maximum absolute atomic E-state index is 15.5. The van der Waals surface area contributed by atoms with E-state index in [1.165, 1.54) is 6.07 Å². The number of esters is 1. The van der Waals surface area contributed by atoms with E-state index in [4.69, 9.17) is 4.74 Å². The van der Waals surface area contributed by atoms with E-state index in [0.29, 0.717) is 38.0 Å². The summed E-state index contributed by atoms with van der Waals surface area (Å²) in [6, 6.07) is 1.37. The number of piperidine rings is 2. The molecule has 0 bridgehead atoms. The first-order valence-electron chi connectivity index (χ1n) is 12.1. The van der Waals surface area contributed by atoms with Crippen LogP contribution in [0.5, 0.6) is 0 Å². The summed E-state index contributed by atoms with van der Waals surface area (Å²) < 4.78 is 23.1. The fraction of sp³-hybridized carbons (Fsp3) is 0.600. The van der Waals surface area contributed by atoms with Gasteiger partial charge in [0.05, 0.1) is 17.3 Å². The van der Waals surface area contributed by atoms with Crippen molar-refractivity contribution in [2.45, 2.75) is 63.7 Å². The van der Waals surface area contributed by atoms with Gasteiger partial charge in [-0.25, -0.2) is 9.18 Å². The lowest BCUT2D eigenvalue weighted by Crippen LogP contribution is -2.38. The van der Waals surface area contributed by atoms with E-state index in [1.54, 1.807) is 6.20 Å². The van der Waals surface area contributed by atoms with Gasteiger partial charge in [0.2, 0.25) is 5.43 Å². The first kappa shape index (κ1) is 22.3. The van der Waals surface area contributed by atoms with E-state index in [1.807, 2.05) is 16.5 Å². The van der Waals surface area contributed by atoms with Gasteiger partial charge in [-0.05, 0) is 58.6 Å². The molecule has 2 fully saturated rings. The molecular formula is C25H32FN3O4. The molecule has 7 nitrogen and oxygen atoms in total. The van der Waals surface area contributed by atoms with Gasteiger partial charge in [0, 0.05) is 49.4 Å². The molecule has 0 radical (unpaired) electrons. The van der Waals surface area contributed by atoms with Crippen molar-refractivity contribution in [1.29, 1.82) is 0 Å². The van der Waals surface area contributed by atoms with Crippen molar-refractivity contribution in [3.05, 3.63) is 39.4 Å². The Kier molecular flexibility index (Phi) is 5.91. The Labute approximate surface area is 192 Å². The number of hydrogen-bond acceptors (Lipinski definition) is 6. The number of halogens is 1. The summed E-state index contributed by atoms with van der Waals surface area (Å²) in [5.41, 5.74) is 1.60. The maximum atomic E-state index is 15.5. The highest BCUT2D eigenvalue weighted by molar-refractivity contribution is 5.96. The van der Waals surface area contributed by atoms with Crippen LogP contribution in [0, 0.1) is 5.82 Å². The maximum Gasteiger partial charge on any atom is 0.343 e. The number of carbonyl (C=O) groups is 1. The van der Waals surface area contributed by atoms with Crippen LogP contribution < -0.4 is 10.3 Å². The monoisotopic (exact) mass is 457 g/mol. The van der Waals surface area contributed by atoms with E-state index in [2.05, 4.69) is 11.8 Å². The molecule has 0 aliphatic carbocycles. The smallest absolute Gasteiger partial charge is 0.343 e. The lowest BCUT2D eigenvalue weighted by Gasteiger charge is -2.36. The van der Waals surface area contributed by atoms with Crippen molar-refractivity contribution in [3.63, 3.8) is 0 Å². The third-order valence-electron chi connectivity index (χ3n) is 7.57. The van der Waals surface area contributed by atoms with Gasteiger partial charge in [0.15, 0.2) is 0 Å². The van der Waals surface area contributed by atoms with Gasteiger partial charge in [-0.1, -0.05) is 0 Å². The summed E-state index contributed by atoms with van der Waals surface area (Å²) in [4.78, 5) is 30.5. The molecule has 2 aromatic rings. The molecule has 4 heterocycles. The molecule has 178 valence electrons. The molecule has 0 saturated carbocycles. The minimum atomic E-state index is -0.617. The van der Waals surface area contributed by atoms with Crippen molar-refractivity contribution >= 4 is 22.6 Å². The number of likely N-dealkylation sites (tertiary alicyclic amines) is 1. The summed E-state index contributed by atoms with van der Waals surface area (Å²) in [5.74, 6) is -1.05. The van der Waals surface area contributed by atoms with Crippen LogP contribution in [0.2, 0.25) is 0 Å². The SMILES string of the molecule is C[C@H]1CCc2c(N3CCC(O)CC3)c(F)cc3c(=O)c(C(=O)OC4CCN(C)CC4)cn1c23. The number of hydrogen-bond donors (Lipinski definition) is 1. The first-order chi connectivity index (χ1) is 15.8. The number of aryl methyl sites for hydroxylation is 1. The Bertz CT molecular complexity index is 1130. The molecule has 5 rings (SSSR count). The second kappa shape index (κ2) is 8.72. The van der Waals surface area contributed by atoms with E-state index >= 15 is 4.39 Å². The highest BCUT2D eigenvalue weighted by Crippen LogP contribution is 2.39. The molecule has 1 N–H and O–H groups in total. The molecule has 0 unspecified atom stereocenters. The highest BCUT2D eigenvalue weighted by Gasteiger charge is 2.31. The van der Waals surface area contributed by atoms with Crippen LogP contribution in [0.15, 0.2) is 17.1 Å². The molecule has 0 spiro atoms. The second-order valence-corrected chi connectivity index (χ2v) is 9.87. The molecule has 2 saturated heterocycles. The van der Waals surface area contributed by atoms with Crippen molar-refractivity contribution in [2.24, 2.45) is 0 Å². The van der Waals surface area contributed by atoms with Gasteiger partial charge < -0.3 is 24.2 Å². The molecule has 1 atom stereocenters. The molecule has 3 aliphatic rings. The molecule has 8 heteroatoms. The average Bonchev–Trinajstić information content (AvgIpc) is 2.79. The highest BCUT2D eigenvalue weighted by atomic mass is 19.1. The van der Waals surface area contributed by atoms with Crippen LogP contribution >= 0.6 is 0 Å². The van der Waals surface area contributed by atoms with Gasteiger partial charge in [-0.2, -0.15) is 0 Å². The average molecular weight is 458 g/mol. The number of nitrogens with zero attached hydrogens (tertiary/aromatic N) is 3. The summed E-state index contributed by atoms with van der Waals surface area (Å²) in [7, 11) is 2.03. The Balaban J connectivity index is 1.57. The van der Waals surface area contributed by atoms with E-state index in [9.17, 15) is 14.7 Å². The van der Waals surface area contributed by atoms with Gasteiger partial charge >= 0.3 is 5.97 Å². The fourth-order valence-corrected chi connectivity index (χ4v) is 5.53. The van der Waals surface area contributed by atoms with Crippen LogP contribution in [0.1, 0.15) is 61.0 Å². The number of pyridine rings is 1. The Morgan fingerprint density at radius 1 is 1.12 bits per heavy atom. The van der Waals surface area contributed by atoms with Crippen molar-refractivity contribution in [2.75, 3.05) is 38.1 Å². The number of benzene rings is 1. The minimum absolute atomic E-state index is 0.0191. The molecule has 1 aromatic carbocycles. The van der Waals surface area contributed by atoms with Crippen molar-refractivity contribution < 1.29 is 19.0 Å². The number of aromatic nitrogens is 1. The Hall–Kier alpha value is -2.45. The third kappa shape index (κ3) is 4.04. The molecule has 3 aliphatic heterocycles. The lowest BCUT2D eigenvalue weighted by atomic mass is 9.93. The number of aliphatic hydroxyl groups is 1. The summed E-state index contributed by atoms with van der Waals surface area (Å²) in [5, 5.41) is 10.1. The zero-order valence-electron chi connectivity index (χ0n) is 19.3. The predicted molar refractivity (Wildman–Crippen MR) is 125 cm³/mol. The summed E-state index contributed by atoms with van der Waals surface area (Å²) in [6.45, 7) is 4.91. The number of anilines is 1. The molecular weight excluding hydrogens is 425 g/mol. The Morgan fingerprint density at radius 3 is 2.52 bits per heavy atom.